The Morgan fingerprint density at radius 1 is 1.28 bits per heavy atom. The van der Waals surface area contributed by atoms with Gasteiger partial charge in [-0.1, -0.05) is 6.07 Å². The molecule has 2 N–H and O–H groups in total. The molecule has 8 nitrogen and oxygen atoms in total. The Kier molecular flexibility index (Phi) is 3.61. The van der Waals surface area contributed by atoms with Gasteiger partial charge in [-0.3, -0.25) is 4.79 Å². The maximum atomic E-state index is 12.0. The highest BCUT2D eigenvalue weighted by Gasteiger charge is 2.32. The molecule has 1 amide bonds. The van der Waals surface area contributed by atoms with Gasteiger partial charge in [-0.2, -0.15) is 4.98 Å². The zero-order chi connectivity index (χ0) is 19.5. The van der Waals surface area contributed by atoms with Gasteiger partial charge >= 0.3 is 0 Å². The molecule has 5 heterocycles. The number of fused-ring (bicyclic) bond motifs is 3. The molecule has 3 aliphatic heterocycles. The lowest BCUT2D eigenvalue weighted by molar-refractivity contribution is -0.116. The molecule has 0 aliphatic carbocycles. The number of hydrogen-bond donors (Lipinski definition) is 2. The van der Waals surface area contributed by atoms with Gasteiger partial charge in [0.25, 0.3) is 0 Å². The Hall–Kier alpha value is -3.07. The predicted octanol–water partition coefficient (Wildman–Crippen LogP) is 2.01. The van der Waals surface area contributed by atoms with Gasteiger partial charge in [-0.05, 0) is 23.9 Å². The van der Waals surface area contributed by atoms with E-state index in [2.05, 4.69) is 32.5 Å². The van der Waals surface area contributed by atoms with Crippen LogP contribution in [0.25, 0.3) is 22.4 Å². The maximum absolute atomic E-state index is 12.0. The molecule has 1 atom stereocenters. The van der Waals surface area contributed by atoms with Gasteiger partial charge in [0.2, 0.25) is 11.9 Å². The fourth-order valence-electron chi connectivity index (χ4n) is 4.23. The van der Waals surface area contributed by atoms with Gasteiger partial charge in [0.1, 0.15) is 11.2 Å². The number of benzene rings is 1. The quantitative estimate of drug-likeness (QED) is 0.674. The lowest BCUT2D eigenvalue weighted by atomic mass is 10.1. The van der Waals surface area contributed by atoms with Crippen LogP contribution >= 0.6 is 11.8 Å². The number of nitrogens with one attached hydrogen (secondary N) is 2. The molecule has 9 heteroatoms. The number of H-pyrrole nitrogens is 1. The first-order valence-electron chi connectivity index (χ1n) is 9.59. The topological polar surface area (TPSA) is 90.0 Å². The van der Waals surface area contributed by atoms with Gasteiger partial charge in [-0.25, -0.2) is 9.97 Å². The fourth-order valence-corrected chi connectivity index (χ4v) is 5.27. The van der Waals surface area contributed by atoms with E-state index < -0.39 is 0 Å². The van der Waals surface area contributed by atoms with Gasteiger partial charge < -0.3 is 20.1 Å². The Bertz CT molecular complexity index is 1190. The third-order valence-corrected chi connectivity index (χ3v) is 6.89. The van der Waals surface area contributed by atoms with Gasteiger partial charge in [0.15, 0.2) is 5.65 Å². The first kappa shape index (κ1) is 16.8. The summed E-state index contributed by atoms with van der Waals surface area (Å²) in [7, 11) is 1.82. The average Bonchev–Trinajstić information content (AvgIpc) is 3.45. The van der Waals surface area contributed by atoms with Gasteiger partial charge in [-0.15, -0.1) is 11.8 Å². The van der Waals surface area contributed by atoms with E-state index in [0.29, 0.717) is 11.7 Å². The standard InChI is InChI=1S/C20H19N7OS/c1-26-14-3-2-11(4-15(14)29-9-16(26)28)17-18-19(23-10-22-18)25-20(24-17)27-7-12-5-21-6-13(12)8-27/h2-5,10,13,21H,6-9H2,1H3,(H,22,23,24,25). The summed E-state index contributed by atoms with van der Waals surface area (Å²) in [5.41, 5.74) is 5.66. The highest BCUT2D eigenvalue weighted by atomic mass is 32.2. The van der Waals surface area contributed by atoms with Crippen LogP contribution in [0.4, 0.5) is 11.6 Å². The summed E-state index contributed by atoms with van der Waals surface area (Å²) >= 11 is 1.57. The molecule has 0 spiro atoms. The number of carbonyl (C=O) groups excluding carboxylic acids is 1. The molecule has 0 radical (unpaired) electrons. The first-order chi connectivity index (χ1) is 14.2. The number of aromatic nitrogens is 4. The normalized spacial score (nSPS) is 20.7. The van der Waals surface area contributed by atoms with Crippen LogP contribution in [0.3, 0.4) is 0 Å². The molecule has 3 aliphatic rings. The number of imidazole rings is 1. The summed E-state index contributed by atoms with van der Waals surface area (Å²) in [4.78, 5) is 34.3. The van der Waals surface area contributed by atoms with E-state index in [1.54, 1.807) is 23.0 Å². The summed E-state index contributed by atoms with van der Waals surface area (Å²) in [6, 6.07) is 6.11. The summed E-state index contributed by atoms with van der Waals surface area (Å²) in [5.74, 6) is 1.84. The predicted molar refractivity (Wildman–Crippen MR) is 113 cm³/mol. The monoisotopic (exact) mass is 405 g/mol. The van der Waals surface area contributed by atoms with Crippen molar-refractivity contribution in [3.8, 4) is 11.3 Å². The van der Waals surface area contributed by atoms with E-state index in [-0.39, 0.29) is 5.91 Å². The van der Waals surface area contributed by atoms with Crippen LogP contribution in [-0.4, -0.2) is 58.3 Å². The number of thioether (sulfide) groups is 1. The molecule has 0 saturated carbocycles. The number of carbonyl (C=O) groups is 1. The van der Waals surface area contributed by atoms with Crippen molar-refractivity contribution < 1.29 is 4.79 Å². The van der Waals surface area contributed by atoms with E-state index in [9.17, 15) is 4.79 Å². The molecule has 1 fully saturated rings. The highest BCUT2D eigenvalue weighted by Crippen LogP contribution is 2.38. The molecule has 1 unspecified atom stereocenters. The lowest BCUT2D eigenvalue weighted by Gasteiger charge is -2.25. The lowest BCUT2D eigenvalue weighted by Crippen LogP contribution is -2.31. The Labute approximate surface area is 171 Å². The third-order valence-electron chi connectivity index (χ3n) is 5.86. The van der Waals surface area contributed by atoms with Crippen LogP contribution in [-0.2, 0) is 4.79 Å². The molecule has 1 aromatic carbocycles. The molecule has 3 aromatic rings. The number of rotatable bonds is 2. The largest absolute Gasteiger partial charge is 0.390 e. The summed E-state index contributed by atoms with van der Waals surface area (Å²) in [5, 5.41) is 3.32. The molecular formula is C20H19N7OS. The number of nitrogens with zero attached hydrogens (tertiary/aromatic N) is 5. The second-order valence-electron chi connectivity index (χ2n) is 7.60. The molecule has 2 aromatic heterocycles. The van der Waals surface area contributed by atoms with E-state index in [1.807, 2.05) is 19.2 Å². The fraction of sp³-hybridized carbons (Fsp3) is 0.300. The minimum Gasteiger partial charge on any atom is -0.390 e. The van der Waals surface area contributed by atoms with Crippen LogP contribution in [0, 0.1) is 5.92 Å². The highest BCUT2D eigenvalue weighted by molar-refractivity contribution is 8.00. The zero-order valence-electron chi connectivity index (χ0n) is 15.8. The first-order valence-corrected chi connectivity index (χ1v) is 10.6. The maximum Gasteiger partial charge on any atom is 0.237 e. The second-order valence-corrected chi connectivity index (χ2v) is 8.62. The number of hydrogen-bond acceptors (Lipinski definition) is 7. The van der Waals surface area contributed by atoms with E-state index >= 15 is 0 Å². The average molecular weight is 405 g/mol. The SMILES string of the molecule is CN1C(=O)CSc2cc(-c3nc(N4CC5=CNCC5C4)nc4[nH]cnc34)ccc21. The molecule has 1 saturated heterocycles. The summed E-state index contributed by atoms with van der Waals surface area (Å²) < 4.78 is 0. The van der Waals surface area contributed by atoms with Gasteiger partial charge in [0.05, 0.1) is 17.8 Å². The zero-order valence-corrected chi connectivity index (χ0v) is 16.7. The number of anilines is 2. The van der Waals surface area contributed by atoms with E-state index in [4.69, 9.17) is 9.97 Å². The number of amides is 1. The Balaban J connectivity index is 1.45. The Morgan fingerprint density at radius 3 is 3.10 bits per heavy atom. The van der Waals surface area contributed by atoms with E-state index in [1.165, 1.54) is 5.57 Å². The molecular weight excluding hydrogens is 386 g/mol. The van der Waals surface area contributed by atoms with Crippen molar-refractivity contribution in [3.63, 3.8) is 0 Å². The van der Waals surface area contributed by atoms with Crippen LogP contribution in [0.5, 0.6) is 0 Å². The van der Waals surface area contributed by atoms with E-state index in [0.717, 1.165) is 58.6 Å². The minimum absolute atomic E-state index is 0.123. The van der Waals surface area contributed by atoms with Crippen molar-refractivity contribution in [1.29, 1.82) is 0 Å². The Morgan fingerprint density at radius 2 is 2.21 bits per heavy atom. The van der Waals surface area contributed by atoms with Crippen molar-refractivity contribution >= 4 is 40.5 Å². The summed E-state index contributed by atoms with van der Waals surface area (Å²) in [6.07, 6.45) is 3.79. The minimum atomic E-state index is 0.123. The van der Waals surface area contributed by atoms with Crippen molar-refractivity contribution in [3.05, 3.63) is 36.3 Å². The molecule has 29 heavy (non-hydrogen) atoms. The van der Waals surface area contributed by atoms with Crippen LogP contribution in [0.2, 0.25) is 0 Å². The summed E-state index contributed by atoms with van der Waals surface area (Å²) in [6.45, 7) is 2.76. The molecule has 6 rings (SSSR count). The molecule has 0 bridgehead atoms. The van der Waals surface area contributed by atoms with Crippen LogP contribution < -0.4 is 15.1 Å². The smallest absolute Gasteiger partial charge is 0.237 e. The third kappa shape index (κ3) is 2.61. The van der Waals surface area contributed by atoms with Crippen molar-refractivity contribution in [2.75, 3.05) is 42.2 Å². The molecule has 146 valence electrons. The van der Waals surface area contributed by atoms with Crippen molar-refractivity contribution in [1.82, 2.24) is 25.3 Å². The van der Waals surface area contributed by atoms with Crippen molar-refractivity contribution in [2.24, 2.45) is 5.92 Å². The number of aromatic amines is 1. The van der Waals surface area contributed by atoms with Crippen molar-refractivity contribution in [2.45, 2.75) is 4.90 Å². The van der Waals surface area contributed by atoms with Crippen LogP contribution in [0.15, 0.2) is 41.2 Å². The van der Waals surface area contributed by atoms with Gasteiger partial charge in [0, 0.05) is 43.1 Å². The van der Waals surface area contributed by atoms with Crippen LogP contribution in [0.1, 0.15) is 0 Å². The second kappa shape index (κ2) is 6.21.